The van der Waals surface area contributed by atoms with Crippen molar-refractivity contribution < 1.29 is 78.3 Å². The number of aliphatic carboxylic acids is 3. The van der Waals surface area contributed by atoms with E-state index in [9.17, 15) is 43.9 Å². The average Bonchev–Trinajstić information content (AvgIpc) is 3.29. The Morgan fingerprint density at radius 2 is 1.32 bits per heavy atom. The number of rotatable bonds is 4. The lowest BCUT2D eigenvalue weighted by atomic mass is 9.92. The van der Waals surface area contributed by atoms with E-state index in [0.29, 0.717) is 0 Å². The van der Waals surface area contributed by atoms with Gasteiger partial charge in [0.15, 0.2) is 5.82 Å². The van der Waals surface area contributed by atoms with Crippen molar-refractivity contribution in [2.24, 2.45) is 0 Å². The van der Waals surface area contributed by atoms with Gasteiger partial charge in [-0.3, -0.25) is 9.88 Å². The molecule has 1 atom stereocenters. The standard InChI is InChI=1S/C17H18FN3OS.3C2HF3O2/c18-15-2-1-5-20-16(15)22-14-8-17(23-10-14)11-21(12-17)9-13-3-6-19-7-4-13;3*3-2(4,5)1(6)7/h1-7,14H,8-12H2;3*(H,6,7). The van der Waals surface area contributed by atoms with Crippen LogP contribution in [-0.4, -0.2) is 96.3 Å². The molecular formula is C23H21F10N3O7S. The van der Waals surface area contributed by atoms with Crippen molar-refractivity contribution >= 4 is 29.7 Å². The van der Waals surface area contributed by atoms with Gasteiger partial charge in [0.1, 0.15) is 6.10 Å². The van der Waals surface area contributed by atoms with E-state index < -0.39 is 36.4 Å². The average molecular weight is 673 g/mol. The number of hydrogen-bond donors (Lipinski definition) is 3. The highest BCUT2D eigenvalue weighted by Crippen LogP contribution is 2.46. The zero-order valence-electron chi connectivity index (χ0n) is 21.7. The second-order valence-corrected chi connectivity index (χ2v) is 10.1. The first-order chi connectivity index (χ1) is 20.1. The summed E-state index contributed by atoms with van der Waals surface area (Å²) in [5, 5.41) is 21.4. The van der Waals surface area contributed by atoms with Crippen LogP contribution in [0.15, 0.2) is 42.9 Å². The summed E-state index contributed by atoms with van der Waals surface area (Å²) in [6.45, 7) is 3.08. The predicted octanol–water partition coefficient (Wildman–Crippen LogP) is 4.65. The molecule has 3 N–H and O–H groups in total. The molecule has 0 aliphatic carbocycles. The number of aromatic nitrogens is 2. The number of halogens is 10. The number of carboxylic acids is 3. The first kappa shape index (κ1) is 38.1. The summed E-state index contributed by atoms with van der Waals surface area (Å²) in [5.74, 6) is -7.62. The van der Waals surface area contributed by atoms with Crippen LogP contribution in [0.2, 0.25) is 0 Å². The number of carboxylic acid groups (broad SMARTS) is 3. The number of thioether (sulfide) groups is 1. The maximum absolute atomic E-state index is 13.6. The first-order valence-electron chi connectivity index (χ1n) is 11.5. The smallest absolute Gasteiger partial charge is 0.475 e. The molecule has 0 saturated carbocycles. The first-order valence-corrected chi connectivity index (χ1v) is 12.5. The molecule has 246 valence electrons. The maximum atomic E-state index is 13.6. The van der Waals surface area contributed by atoms with Gasteiger partial charge in [-0.25, -0.2) is 23.8 Å². The molecule has 2 aromatic rings. The zero-order valence-corrected chi connectivity index (χ0v) is 22.5. The summed E-state index contributed by atoms with van der Waals surface area (Å²) in [7, 11) is 0. The maximum Gasteiger partial charge on any atom is 0.490 e. The highest BCUT2D eigenvalue weighted by Gasteiger charge is 2.49. The van der Waals surface area contributed by atoms with Gasteiger partial charge in [0, 0.05) is 55.1 Å². The Morgan fingerprint density at radius 1 is 0.864 bits per heavy atom. The fourth-order valence-electron chi connectivity index (χ4n) is 3.34. The molecule has 2 saturated heterocycles. The monoisotopic (exact) mass is 673 g/mol. The van der Waals surface area contributed by atoms with E-state index in [2.05, 4.69) is 27.0 Å². The number of hydrogen-bond acceptors (Lipinski definition) is 8. The SMILES string of the molecule is Fc1cccnc1OC1CSC2(C1)CN(Cc1ccncc1)C2.O=C(O)C(F)(F)F.O=C(O)C(F)(F)F.O=C(O)C(F)(F)F. The van der Waals surface area contributed by atoms with Gasteiger partial charge in [0.05, 0.1) is 0 Å². The Labute approximate surface area is 244 Å². The van der Waals surface area contributed by atoms with E-state index in [4.69, 9.17) is 34.4 Å². The van der Waals surface area contributed by atoms with Crippen molar-refractivity contribution in [2.45, 2.75) is 42.3 Å². The Morgan fingerprint density at radius 3 is 1.73 bits per heavy atom. The number of nitrogens with zero attached hydrogens (tertiary/aromatic N) is 3. The fraction of sp³-hybridized carbons (Fsp3) is 0.435. The van der Waals surface area contributed by atoms with E-state index >= 15 is 0 Å². The molecule has 21 heteroatoms. The molecule has 2 aliphatic rings. The van der Waals surface area contributed by atoms with E-state index in [0.717, 1.165) is 31.8 Å². The Balaban J connectivity index is 0.000000379. The normalized spacial score (nSPS) is 17.4. The lowest BCUT2D eigenvalue weighted by Gasteiger charge is -2.47. The molecule has 4 rings (SSSR count). The van der Waals surface area contributed by atoms with E-state index in [1.165, 1.54) is 11.6 Å². The third-order valence-electron chi connectivity index (χ3n) is 5.08. The summed E-state index contributed by atoms with van der Waals surface area (Å²) < 4.78 is 115. The molecule has 2 aliphatic heterocycles. The van der Waals surface area contributed by atoms with Crippen LogP contribution in [0.3, 0.4) is 0 Å². The molecule has 0 aromatic carbocycles. The Hall–Kier alpha value is -3.88. The van der Waals surface area contributed by atoms with Gasteiger partial charge in [0.25, 0.3) is 5.88 Å². The number of pyridine rings is 2. The number of ether oxygens (including phenoxy) is 1. The van der Waals surface area contributed by atoms with Crippen LogP contribution in [0.5, 0.6) is 5.88 Å². The minimum atomic E-state index is -5.08. The van der Waals surface area contributed by atoms with Crippen LogP contribution in [0.1, 0.15) is 12.0 Å². The number of alkyl halides is 9. The summed E-state index contributed by atoms with van der Waals surface area (Å²) in [4.78, 5) is 37.2. The van der Waals surface area contributed by atoms with Crippen molar-refractivity contribution in [1.82, 2.24) is 14.9 Å². The predicted molar refractivity (Wildman–Crippen MR) is 129 cm³/mol. The minimum absolute atomic E-state index is 0.0486. The molecule has 2 fully saturated rings. The molecule has 0 amide bonds. The Kier molecular flexibility index (Phi) is 13.6. The van der Waals surface area contributed by atoms with Gasteiger partial charge in [-0.2, -0.15) is 39.5 Å². The van der Waals surface area contributed by atoms with Crippen LogP contribution in [0, 0.1) is 5.82 Å². The van der Waals surface area contributed by atoms with Gasteiger partial charge in [0.2, 0.25) is 0 Å². The fourth-order valence-corrected chi connectivity index (χ4v) is 4.92. The van der Waals surface area contributed by atoms with Gasteiger partial charge >= 0.3 is 36.4 Å². The second kappa shape index (κ2) is 15.7. The molecule has 4 heterocycles. The summed E-state index contributed by atoms with van der Waals surface area (Å²) >= 11 is 1.95. The van der Waals surface area contributed by atoms with Crippen molar-refractivity contribution in [3.8, 4) is 5.88 Å². The number of carbonyl (C=O) groups is 3. The summed E-state index contributed by atoms with van der Waals surface area (Å²) in [6, 6.07) is 7.08. The van der Waals surface area contributed by atoms with Crippen LogP contribution in [0.25, 0.3) is 0 Å². The summed E-state index contributed by atoms with van der Waals surface area (Å²) in [5.41, 5.74) is 1.29. The van der Waals surface area contributed by atoms with E-state index in [1.54, 1.807) is 12.3 Å². The molecule has 1 spiro atoms. The van der Waals surface area contributed by atoms with Crippen LogP contribution < -0.4 is 4.74 Å². The largest absolute Gasteiger partial charge is 0.490 e. The van der Waals surface area contributed by atoms with Gasteiger partial charge in [-0.1, -0.05) is 0 Å². The number of likely N-dealkylation sites (tertiary alicyclic amines) is 1. The van der Waals surface area contributed by atoms with Gasteiger partial charge < -0.3 is 20.1 Å². The van der Waals surface area contributed by atoms with Crippen molar-refractivity contribution in [2.75, 3.05) is 18.8 Å². The van der Waals surface area contributed by atoms with Gasteiger partial charge in [-0.15, -0.1) is 11.8 Å². The lowest BCUT2D eigenvalue weighted by molar-refractivity contribution is -0.193. The Bertz CT molecular complexity index is 1180. The molecule has 2 aromatic heterocycles. The van der Waals surface area contributed by atoms with E-state index in [1.807, 2.05) is 24.2 Å². The molecule has 10 nitrogen and oxygen atoms in total. The van der Waals surface area contributed by atoms with Crippen LogP contribution in [0.4, 0.5) is 43.9 Å². The quantitative estimate of drug-likeness (QED) is 0.389. The zero-order chi connectivity index (χ0) is 33.9. The molecule has 1 unspecified atom stereocenters. The third-order valence-corrected chi connectivity index (χ3v) is 6.66. The van der Waals surface area contributed by atoms with E-state index in [-0.39, 0.29) is 22.5 Å². The van der Waals surface area contributed by atoms with Crippen molar-refractivity contribution in [3.05, 3.63) is 54.2 Å². The third kappa shape index (κ3) is 13.6. The molecule has 0 bridgehead atoms. The van der Waals surface area contributed by atoms with Crippen molar-refractivity contribution in [3.63, 3.8) is 0 Å². The summed E-state index contributed by atoms with van der Waals surface area (Å²) in [6.07, 6.45) is -9.01. The molecule has 44 heavy (non-hydrogen) atoms. The minimum Gasteiger partial charge on any atom is -0.475 e. The van der Waals surface area contributed by atoms with Crippen LogP contribution >= 0.6 is 11.8 Å². The topological polar surface area (TPSA) is 150 Å². The molecular weight excluding hydrogens is 652 g/mol. The highest BCUT2D eigenvalue weighted by atomic mass is 32.2. The van der Waals surface area contributed by atoms with Crippen LogP contribution in [-0.2, 0) is 20.9 Å². The van der Waals surface area contributed by atoms with Gasteiger partial charge in [-0.05, 0) is 29.8 Å². The highest BCUT2D eigenvalue weighted by molar-refractivity contribution is 8.01. The van der Waals surface area contributed by atoms with Crippen molar-refractivity contribution in [1.29, 1.82) is 0 Å². The molecule has 0 radical (unpaired) electrons. The second-order valence-electron chi connectivity index (χ2n) is 8.64. The lowest BCUT2D eigenvalue weighted by Crippen LogP contribution is -2.58.